The molecule has 0 atom stereocenters. The van der Waals surface area contributed by atoms with Crippen LogP contribution < -0.4 is 4.74 Å². The molecule has 148 valence electrons. The second-order valence-corrected chi connectivity index (χ2v) is 9.74. The number of benzene rings is 2. The van der Waals surface area contributed by atoms with E-state index >= 15 is 0 Å². The van der Waals surface area contributed by atoms with Crippen molar-refractivity contribution in [3.63, 3.8) is 0 Å². The molecule has 0 amide bonds. The molecule has 0 aliphatic carbocycles. The Morgan fingerprint density at radius 1 is 1.11 bits per heavy atom. The summed E-state index contributed by atoms with van der Waals surface area (Å²) in [6.07, 6.45) is 1.24. The van der Waals surface area contributed by atoms with E-state index in [0.29, 0.717) is 17.5 Å². The first-order valence-corrected chi connectivity index (χ1v) is 12.0. The molecule has 0 radical (unpaired) electrons. The Morgan fingerprint density at radius 3 is 2.50 bits per heavy atom. The smallest absolute Gasteiger partial charge is 0.196 e. The van der Waals surface area contributed by atoms with Gasteiger partial charge in [0.05, 0.1) is 12.4 Å². The molecule has 0 saturated heterocycles. The second kappa shape index (κ2) is 8.79. The number of thioether (sulfide) groups is 1. The Kier molecular flexibility index (Phi) is 6.41. The molecule has 0 aliphatic rings. The van der Waals surface area contributed by atoms with Gasteiger partial charge in [-0.2, -0.15) is 0 Å². The van der Waals surface area contributed by atoms with E-state index in [1.54, 1.807) is 0 Å². The second-order valence-electron chi connectivity index (χ2n) is 6.42. The van der Waals surface area contributed by atoms with Gasteiger partial charge in [-0.05, 0) is 44.2 Å². The van der Waals surface area contributed by atoms with Gasteiger partial charge >= 0.3 is 0 Å². The van der Waals surface area contributed by atoms with Gasteiger partial charge in [-0.25, -0.2) is 8.42 Å². The van der Waals surface area contributed by atoms with E-state index in [4.69, 9.17) is 4.74 Å². The van der Waals surface area contributed by atoms with Crippen LogP contribution in [0.15, 0.2) is 53.7 Å². The minimum Gasteiger partial charge on any atom is -0.494 e. The number of aryl methyl sites for hydroxylation is 1. The summed E-state index contributed by atoms with van der Waals surface area (Å²) < 4.78 is 30.4. The molecular formula is C20H23N3O3S2. The molecule has 0 spiro atoms. The lowest BCUT2D eigenvalue weighted by molar-refractivity contribution is 0.340. The number of rotatable bonds is 8. The molecule has 3 aromatic rings. The molecule has 0 bridgehead atoms. The van der Waals surface area contributed by atoms with Crippen LogP contribution in [-0.4, -0.2) is 47.6 Å². The number of hydrogen-bond acceptors (Lipinski definition) is 6. The third-order valence-electron chi connectivity index (χ3n) is 4.00. The molecule has 28 heavy (non-hydrogen) atoms. The van der Waals surface area contributed by atoms with Crippen LogP contribution in [0.25, 0.3) is 17.1 Å². The molecule has 0 saturated carbocycles. The van der Waals surface area contributed by atoms with Crippen LogP contribution in [-0.2, 0) is 9.84 Å². The largest absolute Gasteiger partial charge is 0.494 e. The molecule has 0 N–H and O–H groups in total. The number of hydrogen-bond donors (Lipinski definition) is 0. The summed E-state index contributed by atoms with van der Waals surface area (Å²) in [5.41, 5.74) is 2.98. The highest BCUT2D eigenvalue weighted by molar-refractivity contribution is 8.00. The fourth-order valence-corrected chi connectivity index (χ4v) is 4.86. The van der Waals surface area contributed by atoms with Crippen molar-refractivity contribution in [1.82, 2.24) is 14.8 Å². The highest BCUT2D eigenvalue weighted by Crippen LogP contribution is 2.29. The van der Waals surface area contributed by atoms with Crippen molar-refractivity contribution in [2.75, 3.05) is 24.4 Å². The number of nitrogens with zero attached hydrogens (tertiary/aromatic N) is 3. The summed E-state index contributed by atoms with van der Waals surface area (Å²) in [5, 5.41) is 9.37. The van der Waals surface area contributed by atoms with Crippen molar-refractivity contribution >= 4 is 21.6 Å². The van der Waals surface area contributed by atoms with Gasteiger partial charge in [0.15, 0.2) is 11.0 Å². The van der Waals surface area contributed by atoms with Crippen LogP contribution in [0.4, 0.5) is 0 Å². The van der Waals surface area contributed by atoms with Crippen molar-refractivity contribution in [2.24, 2.45) is 0 Å². The molecule has 0 unspecified atom stereocenters. The fourth-order valence-electron chi connectivity index (χ4n) is 2.71. The Labute approximate surface area is 169 Å². The van der Waals surface area contributed by atoms with E-state index < -0.39 is 9.84 Å². The molecule has 6 nitrogen and oxygen atoms in total. The van der Waals surface area contributed by atoms with E-state index in [-0.39, 0.29) is 5.75 Å². The van der Waals surface area contributed by atoms with E-state index in [9.17, 15) is 8.42 Å². The molecule has 2 aromatic carbocycles. The van der Waals surface area contributed by atoms with E-state index in [2.05, 4.69) is 16.3 Å². The standard InChI is InChI=1S/C20H23N3O3S2/c1-4-26-18-10-8-17(9-11-18)23-19(16-7-5-6-15(2)14-16)21-22-20(23)27-12-13-28(3,24)25/h5-11,14H,4,12-13H2,1-3H3. The maximum Gasteiger partial charge on any atom is 0.196 e. The highest BCUT2D eigenvalue weighted by Gasteiger charge is 2.17. The monoisotopic (exact) mass is 417 g/mol. The average molecular weight is 418 g/mol. The summed E-state index contributed by atoms with van der Waals surface area (Å²) in [5.74, 6) is 2.02. The third kappa shape index (κ3) is 5.14. The zero-order valence-corrected chi connectivity index (χ0v) is 17.8. The van der Waals surface area contributed by atoms with Crippen LogP contribution in [0.2, 0.25) is 0 Å². The molecule has 3 rings (SSSR count). The van der Waals surface area contributed by atoms with Crippen LogP contribution >= 0.6 is 11.8 Å². The zero-order chi connectivity index (χ0) is 20.1. The van der Waals surface area contributed by atoms with Crippen LogP contribution in [0.1, 0.15) is 12.5 Å². The summed E-state index contributed by atoms with van der Waals surface area (Å²) in [6, 6.07) is 15.8. The van der Waals surface area contributed by atoms with Gasteiger partial charge in [0.2, 0.25) is 0 Å². The normalized spacial score (nSPS) is 11.5. The van der Waals surface area contributed by atoms with Crippen LogP contribution in [0.5, 0.6) is 5.75 Å². The Hall–Kier alpha value is -2.32. The lowest BCUT2D eigenvalue weighted by atomic mass is 10.1. The molecule has 1 heterocycles. The topological polar surface area (TPSA) is 74.1 Å². The summed E-state index contributed by atoms with van der Waals surface area (Å²) in [6.45, 7) is 4.58. The minimum atomic E-state index is -3.03. The minimum absolute atomic E-state index is 0.0909. The molecule has 1 aromatic heterocycles. The van der Waals surface area contributed by atoms with Crippen molar-refractivity contribution < 1.29 is 13.2 Å². The third-order valence-corrected chi connectivity index (χ3v) is 6.14. The molecule has 8 heteroatoms. The van der Waals surface area contributed by atoms with Crippen LogP contribution in [0, 0.1) is 6.92 Å². The van der Waals surface area contributed by atoms with Gasteiger partial charge < -0.3 is 4.74 Å². The maximum atomic E-state index is 11.5. The number of aromatic nitrogens is 3. The average Bonchev–Trinajstić information content (AvgIpc) is 3.05. The predicted octanol–water partition coefficient (Wildman–Crippen LogP) is 3.78. The summed E-state index contributed by atoms with van der Waals surface area (Å²) in [7, 11) is -3.03. The molecule has 0 aliphatic heterocycles. The highest BCUT2D eigenvalue weighted by atomic mass is 32.2. The number of ether oxygens (including phenoxy) is 1. The van der Waals surface area contributed by atoms with E-state index in [1.165, 1.54) is 18.0 Å². The van der Waals surface area contributed by atoms with Gasteiger partial charge in [0, 0.05) is 23.3 Å². The van der Waals surface area contributed by atoms with Crippen molar-refractivity contribution in [3.05, 3.63) is 54.1 Å². The van der Waals surface area contributed by atoms with Crippen molar-refractivity contribution in [3.8, 4) is 22.8 Å². The first-order chi connectivity index (χ1) is 13.4. The Morgan fingerprint density at radius 2 is 1.86 bits per heavy atom. The van der Waals surface area contributed by atoms with Gasteiger partial charge in [-0.3, -0.25) is 4.57 Å². The van der Waals surface area contributed by atoms with Gasteiger partial charge in [0.1, 0.15) is 15.6 Å². The first-order valence-electron chi connectivity index (χ1n) is 8.93. The Balaban J connectivity index is 2.00. The van der Waals surface area contributed by atoms with E-state index in [0.717, 1.165) is 28.4 Å². The van der Waals surface area contributed by atoms with Crippen molar-refractivity contribution in [2.45, 2.75) is 19.0 Å². The van der Waals surface area contributed by atoms with Crippen molar-refractivity contribution in [1.29, 1.82) is 0 Å². The molecular weight excluding hydrogens is 394 g/mol. The lowest BCUT2D eigenvalue weighted by Crippen LogP contribution is -2.06. The zero-order valence-electron chi connectivity index (χ0n) is 16.1. The summed E-state index contributed by atoms with van der Waals surface area (Å²) in [4.78, 5) is 0. The fraction of sp³-hybridized carbons (Fsp3) is 0.300. The quantitative estimate of drug-likeness (QED) is 0.519. The predicted molar refractivity (Wildman–Crippen MR) is 113 cm³/mol. The molecule has 0 fully saturated rings. The Bertz CT molecular complexity index is 1040. The lowest BCUT2D eigenvalue weighted by Gasteiger charge is -2.12. The maximum absolute atomic E-state index is 11.5. The summed E-state index contributed by atoms with van der Waals surface area (Å²) >= 11 is 1.38. The first kappa shape index (κ1) is 20.4. The number of sulfone groups is 1. The van der Waals surface area contributed by atoms with Gasteiger partial charge in [0.25, 0.3) is 0 Å². The van der Waals surface area contributed by atoms with Gasteiger partial charge in [-0.15, -0.1) is 10.2 Å². The van der Waals surface area contributed by atoms with Crippen LogP contribution in [0.3, 0.4) is 0 Å². The van der Waals surface area contributed by atoms with Gasteiger partial charge in [-0.1, -0.05) is 35.5 Å². The SMILES string of the molecule is CCOc1ccc(-n2c(SCCS(C)(=O)=O)nnc2-c2cccc(C)c2)cc1. The van der Waals surface area contributed by atoms with E-state index in [1.807, 2.05) is 60.9 Å².